The topological polar surface area (TPSA) is 128 Å². The quantitative estimate of drug-likeness (QED) is 0.171. The number of non-ortho nitro benzene ring substituents is 1. The van der Waals surface area contributed by atoms with Gasteiger partial charge in [-0.15, -0.1) is 0 Å². The lowest BCUT2D eigenvalue weighted by molar-refractivity contribution is -0.384. The summed E-state index contributed by atoms with van der Waals surface area (Å²) in [5, 5.41) is 24.2. The number of nitrogens with one attached hydrogen (secondary N) is 1. The number of imide groups is 1. The van der Waals surface area contributed by atoms with Crippen LogP contribution in [0.1, 0.15) is 11.7 Å². The number of hydrogen-bond donors (Lipinski definition) is 2. The maximum absolute atomic E-state index is 14.0. The van der Waals surface area contributed by atoms with Crippen LogP contribution in [0.15, 0.2) is 89.4 Å². The summed E-state index contributed by atoms with van der Waals surface area (Å²) in [6.07, 6.45) is 2.36. The molecule has 3 aliphatic rings. The van der Waals surface area contributed by atoms with Gasteiger partial charge in [0.25, 0.3) is 11.6 Å². The summed E-state index contributed by atoms with van der Waals surface area (Å²) in [5.74, 6) is -1.60. The van der Waals surface area contributed by atoms with Crippen molar-refractivity contribution in [3.8, 4) is 0 Å². The molecular formula is C30H28BrN5O6. The van der Waals surface area contributed by atoms with Crippen LogP contribution >= 0.6 is 15.9 Å². The molecule has 2 fully saturated rings. The zero-order valence-corrected chi connectivity index (χ0v) is 24.0. The number of aliphatic hydroxyl groups excluding tert-OH is 1. The van der Waals surface area contributed by atoms with E-state index in [9.17, 15) is 24.8 Å². The Hall–Kier alpha value is -4.10. The third-order valence-corrected chi connectivity index (χ3v) is 8.34. The zero-order valence-electron chi connectivity index (χ0n) is 22.4. The monoisotopic (exact) mass is 633 g/mol. The number of morpholine rings is 1. The first-order chi connectivity index (χ1) is 20.3. The number of carbonyl (C=O) groups is 2. The highest BCUT2D eigenvalue weighted by Gasteiger charge is 2.54. The summed E-state index contributed by atoms with van der Waals surface area (Å²) >= 11 is 3.41. The zero-order chi connectivity index (χ0) is 29.4. The smallest absolute Gasteiger partial charge is 0.269 e. The van der Waals surface area contributed by atoms with E-state index < -0.39 is 34.9 Å². The van der Waals surface area contributed by atoms with Crippen LogP contribution in [0.25, 0.3) is 0 Å². The van der Waals surface area contributed by atoms with Crippen LogP contribution in [0.3, 0.4) is 0 Å². The normalized spacial score (nSPS) is 23.1. The number of hydrogen-bond acceptors (Lipinski definition) is 9. The lowest BCUT2D eigenvalue weighted by Crippen LogP contribution is -2.55. The predicted octanol–water partition coefficient (Wildman–Crippen LogP) is 4.05. The maximum atomic E-state index is 14.0. The van der Waals surface area contributed by atoms with Crippen molar-refractivity contribution in [3.05, 3.63) is 105 Å². The Kier molecular flexibility index (Phi) is 7.78. The molecule has 0 aliphatic carbocycles. The second-order valence-electron chi connectivity index (χ2n) is 10.3. The number of nitrogens with zero attached hydrogens (tertiary/aromatic N) is 4. The number of nitro groups is 1. The number of aliphatic hydroxyl groups is 1. The molecule has 42 heavy (non-hydrogen) atoms. The first-order valence-electron chi connectivity index (χ1n) is 13.5. The summed E-state index contributed by atoms with van der Waals surface area (Å²) in [7, 11) is 0. The highest BCUT2D eigenvalue weighted by molar-refractivity contribution is 9.10. The van der Waals surface area contributed by atoms with Crippen LogP contribution in [0, 0.1) is 16.0 Å². The van der Waals surface area contributed by atoms with Crippen molar-refractivity contribution in [2.24, 2.45) is 5.92 Å². The molecule has 3 aliphatic heterocycles. The number of benzene rings is 3. The van der Waals surface area contributed by atoms with Crippen LogP contribution < -0.4 is 15.2 Å². The van der Waals surface area contributed by atoms with E-state index in [0.29, 0.717) is 30.2 Å². The van der Waals surface area contributed by atoms with Gasteiger partial charge in [0.1, 0.15) is 6.04 Å². The number of rotatable bonds is 7. The van der Waals surface area contributed by atoms with Crippen molar-refractivity contribution in [1.82, 2.24) is 5.01 Å². The molecule has 0 radical (unpaired) electrons. The fraction of sp³-hybridized carbons (Fsp3) is 0.267. The van der Waals surface area contributed by atoms with Crippen LogP contribution in [-0.4, -0.2) is 65.2 Å². The number of anilines is 3. The molecule has 4 atom stereocenters. The van der Waals surface area contributed by atoms with Crippen molar-refractivity contribution >= 4 is 50.5 Å². The second-order valence-corrected chi connectivity index (χ2v) is 11.2. The van der Waals surface area contributed by atoms with Crippen LogP contribution in [0.5, 0.6) is 0 Å². The Balaban J connectivity index is 1.32. The third kappa shape index (κ3) is 5.29. The summed E-state index contributed by atoms with van der Waals surface area (Å²) in [5.41, 5.74) is 5.63. The fourth-order valence-electron chi connectivity index (χ4n) is 5.62. The van der Waals surface area contributed by atoms with E-state index in [-0.39, 0.29) is 11.6 Å². The summed E-state index contributed by atoms with van der Waals surface area (Å²) in [4.78, 5) is 41.7. The molecule has 12 heteroatoms. The van der Waals surface area contributed by atoms with Gasteiger partial charge in [0, 0.05) is 41.1 Å². The molecule has 0 saturated carbocycles. The first kappa shape index (κ1) is 28.0. The number of hydrazine groups is 1. The standard InChI is InChI=1S/C30H28BrN5O6/c31-20-3-1-19(2-4-20)28(37)26-14-13-25-27(35(26)32-21-5-7-24(8-6-21)36(40)41)30(39)34(29(25)38)23-11-9-22(10-12-23)33-15-17-42-18-16-33/h1-14,25-28,32,37H,15-18H2/t25-,26-,27+,28-/m1/s1. The van der Waals surface area contributed by atoms with E-state index in [0.717, 1.165) is 23.2 Å². The Bertz CT molecular complexity index is 1510. The number of nitro benzene ring substituents is 1. The van der Waals surface area contributed by atoms with Gasteiger partial charge in [-0.05, 0) is 54.1 Å². The molecule has 3 aromatic rings. The van der Waals surface area contributed by atoms with Gasteiger partial charge in [0.05, 0.1) is 41.9 Å². The Labute approximate surface area is 250 Å². The van der Waals surface area contributed by atoms with Gasteiger partial charge in [-0.2, -0.15) is 0 Å². The van der Waals surface area contributed by atoms with E-state index in [2.05, 4.69) is 26.3 Å². The number of ether oxygens (including phenoxy) is 1. The van der Waals surface area contributed by atoms with E-state index in [4.69, 9.17) is 4.74 Å². The second kappa shape index (κ2) is 11.6. The molecule has 2 amide bonds. The molecule has 2 N–H and O–H groups in total. The first-order valence-corrected chi connectivity index (χ1v) is 14.3. The molecule has 6 rings (SSSR count). The van der Waals surface area contributed by atoms with E-state index >= 15 is 0 Å². The largest absolute Gasteiger partial charge is 0.386 e. The fourth-order valence-corrected chi connectivity index (χ4v) is 5.89. The van der Waals surface area contributed by atoms with E-state index in [1.807, 2.05) is 24.3 Å². The Morgan fingerprint density at radius 2 is 1.55 bits per heavy atom. The van der Waals surface area contributed by atoms with Gasteiger partial charge in [0.15, 0.2) is 0 Å². The van der Waals surface area contributed by atoms with Gasteiger partial charge in [0.2, 0.25) is 5.91 Å². The molecule has 2 saturated heterocycles. The summed E-state index contributed by atoms with van der Waals surface area (Å²) < 4.78 is 6.28. The number of amides is 2. The SMILES string of the molecule is O=C1[C@@H]2[C@@H](C=C[C@H]([C@H](O)c3ccc(Br)cc3)N2Nc2ccc([N+](=O)[O-])cc2)C(=O)N1c1ccc(N2CCOCC2)cc1. The Morgan fingerprint density at radius 1 is 0.905 bits per heavy atom. The number of fused-ring (bicyclic) bond motifs is 1. The molecule has 0 aromatic heterocycles. The molecular weight excluding hydrogens is 606 g/mol. The highest BCUT2D eigenvalue weighted by atomic mass is 79.9. The van der Waals surface area contributed by atoms with Gasteiger partial charge in [-0.25, -0.2) is 9.91 Å². The lowest BCUT2D eigenvalue weighted by atomic mass is 9.90. The number of carbonyl (C=O) groups excluding carboxylic acids is 2. The van der Waals surface area contributed by atoms with Crippen molar-refractivity contribution in [2.75, 3.05) is 41.5 Å². The summed E-state index contributed by atoms with van der Waals surface area (Å²) in [6, 6.07) is 18.6. The van der Waals surface area contributed by atoms with Crippen molar-refractivity contribution in [1.29, 1.82) is 0 Å². The highest BCUT2D eigenvalue weighted by Crippen LogP contribution is 2.38. The van der Waals surface area contributed by atoms with Crippen LogP contribution in [-0.2, 0) is 14.3 Å². The van der Waals surface area contributed by atoms with Crippen molar-refractivity contribution in [2.45, 2.75) is 18.2 Å². The molecule has 216 valence electrons. The molecule has 0 bridgehead atoms. The average molecular weight is 634 g/mol. The van der Waals surface area contributed by atoms with Crippen LogP contribution in [0.2, 0.25) is 0 Å². The van der Waals surface area contributed by atoms with Crippen LogP contribution in [0.4, 0.5) is 22.7 Å². The molecule has 3 heterocycles. The van der Waals surface area contributed by atoms with Crippen molar-refractivity contribution < 1.29 is 24.4 Å². The molecule has 11 nitrogen and oxygen atoms in total. The van der Waals surface area contributed by atoms with Gasteiger partial charge < -0.3 is 20.2 Å². The molecule has 0 unspecified atom stereocenters. The molecule has 0 spiro atoms. The molecule has 3 aromatic carbocycles. The van der Waals surface area contributed by atoms with Gasteiger partial charge in [-0.1, -0.05) is 40.2 Å². The van der Waals surface area contributed by atoms with E-state index in [1.165, 1.54) is 29.2 Å². The average Bonchev–Trinajstić information content (AvgIpc) is 3.27. The third-order valence-electron chi connectivity index (χ3n) is 7.81. The van der Waals surface area contributed by atoms with Gasteiger partial charge >= 0.3 is 0 Å². The number of halogens is 1. The van der Waals surface area contributed by atoms with Gasteiger partial charge in [-0.3, -0.25) is 19.7 Å². The minimum absolute atomic E-state index is 0.0813. The minimum atomic E-state index is -1.05. The Morgan fingerprint density at radius 3 is 2.19 bits per heavy atom. The predicted molar refractivity (Wildman–Crippen MR) is 160 cm³/mol. The van der Waals surface area contributed by atoms with Crippen molar-refractivity contribution in [3.63, 3.8) is 0 Å². The maximum Gasteiger partial charge on any atom is 0.269 e. The lowest BCUT2D eigenvalue weighted by Gasteiger charge is -2.40. The summed E-state index contributed by atoms with van der Waals surface area (Å²) in [6.45, 7) is 2.82. The van der Waals surface area contributed by atoms with E-state index in [1.54, 1.807) is 41.4 Å². The minimum Gasteiger partial charge on any atom is -0.386 e.